The van der Waals surface area contributed by atoms with Gasteiger partial charge in [0.1, 0.15) is 17.7 Å². The average molecular weight is 494 g/mol. The van der Waals surface area contributed by atoms with E-state index in [1.165, 1.54) is 0 Å². The summed E-state index contributed by atoms with van der Waals surface area (Å²) in [6.45, 7) is 13.7. The molecule has 0 aliphatic carbocycles. The molecule has 1 aromatic carbocycles. The molecular formula is C26H43N3O4S. The summed E-state index contributed by atoms with van der Waals surface area (Å²) in [6, 6.07) is 5.74. The van der Waals surface area contributed by atoms with Gasteiger partial charge in [0.05, 0.1) is 0 Å². The van der Waals surface area contributed by atoms with Gasteiger partial charge in [0, 0.05) is 12.6 Å². The van der Waals surface area contributed by atoms with Crippen molar-refractivity contribution in [3.05, 3.63) is 35.4 Å². The number of ether oxygens (including phenoxy) is 1. The van der Waals surface area contributed by atoms with E-state index < -0.39 is 23.8 Å². The molecule has 0 spiro atoms. The Morgan fingerprint density at radius 3 is 2.32 bits per heavy atom. The number of aryl methyl sites for hydroxylation is 1. The van der Waals surface area contributed by atoms with Crippen LogP contribution in [0, 0.1) is 6.92 Å². The van der Waals surface area contributed by atoms with Crippen LogP contribution < -0.4 is 10.6 Å². The highest BCUT2D eigenvalue weighted by Gasteiger charge is 2.38. The van der Waals surface area contributed by atoms with Gasteiger partial charge in [0.25, 0.3) is 0 Å². The number of unbranched alkanes of at least 4 members (excludes halogenated alkanes) is 1. The fourth-order valence-corrected chi connectivity index (χ4v) is 4.07. The number of alkyl carbamates (subject to hydrolysis) is 1. The maximum absolute atomic E-state index is 13.9. The first-order valence-electron chi connectivity index (χ1n) is 12.1. The molecule has 3 amide bonds. The van der Waals surface area contributed by atoms with Crippen LogP contribution in [0.1, 0.15) is 78.0 Å². The third kappa shape index (κ3) is 9.57. The first-order valence-corrected chi connectivity index (χ1v) is 13.5. The van der Waals surface area contributed by atoms with Crippen molar-refractivity contribution in [3.8, 4) is 0 Å². The van der Waals surface area contributed by atoms with E-state index in [2.05, 4.69) is 17.6 Å². The van der Waals surface area contributed by atoms with Gasteiger partial charge in [-0.2, -0.15) is 11.8 Å². The van der Waals surface area contributed by atoms with Crippen LogP contribution in [-0.2, 0) is 14.3 Å². The monoisotopic (exact) mass is 493 g/mol. The largest absolute Gasteiger partial charge is 0.444 e. The highest BCUT2D eigenvalue weighted by atomic mass is 32.2. The van der Waals surface area contributed by atoms with Crippen LogP contribution in [0.25, 0.3) is 0 Å². The average Bonchev–Trinajstić information content (AvgIpc) is 2.73. The molecule has 1 rings (SSSR count). The van der Waals surface area contributed by atoms with Gasteiger partial charge < -0.3 is 20.3 Å². The van der Waals surface area contributed by atoms with Gasteiger partial charge in [-0.3, -0.25) is 9.59 Å². The van der Waals surface area contributed by atoms with E-state index in [0.29, 0.717) is 18.7 Å². The van der Waals surface area contributed by atoms with E-state index in [9.17, 15) is 14.4 Å². The Balaban J connectivity index is 3.38. The molecular weight excluding hydrogens is 450 g/mol. The van der Waals surface area contributed by atoms with Crippen LogP contribution >= 0.6 is 11.8 Å². The fraction of sp³-hybridized carbons (Fsp3) is 0.654. The Morgan fingerprint density at radius 1 is 1.15 bits per heavy atom. The number of nitrogens with one attached hydrogen (secondary N) is 2. The minimum atomic E-state index is -0.806. The van der Waals surface area contributed by atoms with E-state index in [-0.39, 0.29) is 17.9 Å². The molecule has 192 valence electrons. The molecule has 1 aromatic rings. The molecule has 0 fully saturated rings. The summed E-state index contributed by atoms with van der Waals surface area (Å²) in [6.07, 6.45) is 3.56. The molecule has 7 nitrogen and oxygen atoms in total. The molecule has 0 saturated carbocycles. The van der Waals surface area contributed by atoms with E-state index in [1.54, 1.807) is 37.4 Å². The molecule has 2 atom stereocenters. The van der Waals surface area contributed by atoms with Gasteiger partial charge in [-0.05, 0) is 77.5 Å². The van der Waals surface area contributed by atoms with Gasteiger partial charge in [0.15, 0.2) is 0 Å². The van der Waals surface area contributed by atoms with Crippen molar-refractivity contribution in [1.82, 2.24) is 15.5 Å². The Kier molecular flexibility index (Phi) is 12.5. The maximum atomic E-state index is 13.9. The molecule has 0 bridgehead atoms. The van der Waals surface area contributed by atoms with Gasteiger partial charge >= 0.3 is 6.09 Å². The highest BCUT2D eigenvalue weighted by molar-refractivity contribution is 7.98. The van der Waals surface area contributed by atoms with Crippen molar-refractivity contribution >= 4 is 29.7 Å². The van der Waals surface area contributed by atoms with Crippen LogP contribution in [0.4, 0.5) is 4.79 Å². The summed E-state index contributed by atoms with van der Waals surface area (Å²) >= 11 is 1.59. The standard InChI is InChI=1S/C26H43N3O4S/c1-9-10-16-27-23(30)22(20-14-12-11-13-19(20)4)29(18(2)3)24(31)21(15-17-34-8)28-25(32)33-26(5,6)7/h11-14,18,21-22H,9-10,15-17H2,1-8H3,(H,27,30)(H,28,32). The summed E-state index contributed by atoms with van der Waals surface area (Å²) in [4.78, 5) is 41.5. The van der Waals surface area contributed by atoms with Crippen molar-refractivity contribution in [2.75, 3.05) is 18.6 Å². The minimum Gasteiger partial charge on any atom is -0.444 e. The lowest BCUT2D eigenvalue weighted by Crippen LogP contribution is -2.55. The third-order valence-corrected chi connectivity index (χ3v) is 5.89. The topological polar surface area (TPSA) is 87.7 Å². The number of hydrogen-bond donors (Lipinski definition) is 2. The Labute approximate surface area is 209 Å². The number of carbonyl (C=O) groups is 3. The molecule has 0 saturated heterocycles. The van der Waals surface area contributed by atoms with Crippen LogP contribution in [0.3, 0.4) is 0 Å². The molecule has 0 radical (unpaired) electrons. The maximum Gasteiger partial charge on any atom is 0.408 e. The van der Waals surface area contributed by atoms with Gasteiger partial charge in [-0.15, -0.1) is 0 Å². The molecule has 2 unspecified atom stereocenters. The number of carbonyl (C=O) groups excluding carboxylic acids is 3. The predicted molar refractivity (Wildman–Crippen MR) is 140 cm³/mol. The second-order valence-electron chi connectivity index (χ2n) is 9.72. The first-order chi connectivity index (χ1) is 15.9. The van der Waals surface area contributed by atoms with Crippen LogP contribution in [-0.4, -0.2) is 59.0 Å². The molecule has 34 heavy (non-hydrogen) atoms. The zero-order valence-corrected chi connectivity index (χ0v) is 22.9. The predicted octanol–water partition coefficient (Wildman–Crippen LogP) is 4.84. The minimum absolute atomic E-state index is 0.217. The van der Waals surface area contributed by atoms with Gasteiger partial charge in [-0.1, -0.05) is 37.6 Å². The number of benzene rings is 1. The van der Waals surface area contributed by atoms with Gasteiger partial charge in [-0.25, -0.2) is 4.79 Å². The summed E-state index contributed by atoms with van der Waals surface area (Å²) in [7, 11) is 0. The first kappa shape index (κ1) is 29.8. The highest BCUT2D eigenvalue weighted by Crippen LogP contribution is 2.28. The molecule has 0 heterocycles. The second-order valence-corrected chi connectivity index (χ2v) is 10.7. The summed E-state index contributed by atoms with van der Waals surface area (Å²) in [5, 5.41) is 5.76. The van der Waals surface area contributed by atoms with Crippen LogP contribution in [0.5, 0.6) is 0 Å². The molecule has 2 N–H and O–H groups in total. The van der Waals surface area contributed by atoms with Crippen molar-refractivity contribution in [2.45, 2.75) is 91.5 Å². The quantitative estimate of drug-likeness (QED) is 0.407. The van der Waals surface area contributed by atoms with Crippen molar-refractivity contribution in [1.29, 1.82) is 0 Å². The molecule has 0 aromatic heterocycles. The lowest BCUT2D eigenvalue weighted by Gasteiger charge is -2.37. The number of thioether (sulfide) groups is 1. The zero-order valence-electron chi connectivity index (χ0n) is 22.1. The number of nitrogens with zero attached hydrogens (tertiary/aromatic N) is 1. The summed E-state index contributed by atoms with van der Waals surface area (Å²) < 4.78 is 5.41. The van der Waals surface area contributed by atoms with Crippen molar-refractivity contribution < 1.29 is 19.1 Å². The van der Waals surface area contributed by atoms with Crippen molar-refractivity contribution in [3.63, 3.8) is 0 Å². The Hall–Kier alpha value is -2.22. The smallest absolute Gasteiger partial charge is 0.408 e. The van der Waals surface area contributed by atoms with Crippen LogP contribution in [0.15, 0.2) is 24.3 Å². The lowest BCUT2D eigenvalue weighted by atomic mass is 9.96. The van der Waals surface area contributed by atoms with Crippen molar-refractivity contribution in [2.24, 2.45) is 0 Å². The zero-order chi connectivity index (χ0) is 25.9. The lowest BCUT2D eigenvalue weighted by molar-refractivity contribution is -0.144. The second kappa shape index (κ2) is 14.2. The number of amides is 3. The SMILES string of the molecule is CCCCNC(=O)C(c1ccccc1C)N(C(=O)C(CCSC)NC(=O)OC(C)(C)C)C(C)C. The van der Waals surface area contributed by atoms with Crippen LogP contribution in [0.2, 0.25) is 0 Å². The van der Waals surface area contributed by atoms with Gasteiger partial charge in [0.2, 0.25) is 11.8 Å². The summed E-state index contributed by atoms with van der Waals surface area (Å²) in [5.74, 6) is 0.162. The van der Waals surface area contributed by atoms with E-state index in [0.717, 1.165) is 24.0 Å². The van der Waals surface area contributed by atoms with E-state index in [4.69, 9.17) is 4.74 Å². The molecule has 0 aliphatic heterocycles. The number of hydrogen-bond acceptors (Lipinski definition) is 5. The Morgan fingerprint density at radius 2 is 1.79 bits per heavy atom. The molecule has 8 heteroatoms. The molecule has 0 aliphatic rings. The third-order valence-electron chi connectivity index (χ3n) is 5.25. The normalized spacial score (nSPS) is 13.2. The van der Waals surface area contributed by atoms with E-state index >= 15 is 0 Å². The Bertz CT molecular complexity index is 807. The summed E-state index contributed by atoms with van der Waals surface area (Å²) in [5.41, 5.74) is 1.02. The fourth-order valence-electron chi connectivity index (χ4n) is 3.60. The number of rotatable bonds is 12. The van der Waals surface area contributed by atoms with E-state index in [1.807, 2.05) is 51.3 Å².